The molecule has 2 atom stereocenters. The number of carbonyl (C=O) groups is 2. The molecule has 178 valence electrons. The van der Waals surface area contributed by atoms with E-state index in [1.54, 1.807) is 16.2 Å². The molecule has 0 saturated carbocycles. The third-order valence-electron chi connectivity index (χ3n) is 6.98. The zero-order chi connectivity index (χ0) is 24.2. The van der Waals surface area contributed by atoms with Gasteiger partial charge in [0.05, 0.1) is 6.04 Å². The minimum atomic E-state index is -0.110. The minimum Gasteiger partial charge on any atom is -0.330 e. The van der Waals surface area contributed by atoms with Crippen LogP contribution in [0.5, 0.6) is 0 Å². The van der Waals surface area contributed by atoms with Gasteiger partial charge in [-0.05, 0) is 73.4 Å². The maximum atomic E-state index is 13.8. The molecule has 1 aliphatic heterocycles. The molecular weight excluding hydrogens is 440 g/mol. The highest BCUT2D eigenvalue weighted by atomic mass is 32.1. The Hall–Kier alpha value is -2.92. The number of aryl methyl sites for hydroxylation is 2. The maximum Gasteiger partial charge on any atom is 0.254 e. The Bertz CT molecular complexity index is 1130. The van der Waals surface area contributed by atoms with Crippen molar-refractivity contribution in [3.05, 3.63) is 92.7 Å². The summed E-state index contributed by atoms with van der Waals surface area (Å²) in [6.07, 6.45) is 2.58. The Morgan fingerprint density at radius 2 is 1.76 bits per heavy atom. The van der Waals surface area contributed by atoms with Gasteiger partial charge in [0, 0.05) is 23.0 Å². The fourth-order valence-corrected chi connectivity index (χ4v) is 5.53. The summed E-state index contributed by atoms with van der Waals surface area (Å²) in [5.41, 5.74) is 5.37. The summed E-state index contributed by atoms with van der Waals surface area (Å²) < 4.78 is 0. The van der Waals surface area contributed by atoms with Gasteiger partial charge in [-0.25, -0.2) is 0 Å². The van der Waals surface area contributed by atoms with Crippen molar-refractivity contribution in [3.8, 4) is 0 Å². The molecule has 1 aromatic heterocycles. The second-order valence-corrected chi connectivity index (χ2v) is 10.2. The van der Waals surface area contributed by atoms with Gasteiger partial charge in [0.1, 0.15) is 6.54 Å². The normalized spacial score (nSPS) is 16.1. The van der Waals surface area contributed by atoms with E-state index in [2.05, 4.69) is 56.5 Å². The molecule has 2 heterocycles. The molecule has 34 heavy (non-hydrogen) atoms. The van der Waals surface area contributed by atoms with E-state index >= 15 is 0 Å². The first-order chi connectivity index (χ1) is 16.4. The summed E-state index contributed by atoms with van der Waals surface area (Å²) in [6, 6.07) is 18.2. The van der Waals surface area contributed by atoms with Crippen LogP contribution in [-0.2, 0) is 17.6 Å². The Kier molecular flexibility index (Phi) is 7.52. The summed E-state index contributed by atoms with van der Waals surface area (Å²) in [5, 5.41) is 2.12. The Morgan fingerprint density at radius 1 is 1.06 bits per heavy atom. The fourth-order valence-electron chi connectivity index (χ4n) is 4.63. The quantitative estimate of drug-likeness (QED) is 0.419. The van der Waals surface area contributed by atoms with E-state index in [1.807, 2.05) is 36.1 Å². The van der Waals surface area contributed by atoms with Crippen LogP contribution in [0, 0.1) is 6.92 Å². The molecule has 2 amide bonds. The average molecular weight is 475 g/mol. The monoisotopic (exact) mass is 474 g/mol. The molecule has 4 nitrogen and oxygen atoms in total. The Morgan fingerprint density at radius 3 is 2.41 bits per heavy atom. The van der Waals surface area contributed by atoms with Gasteiger partial charge in [0.25, 0.3) is 5.91 Å². The van der Waals surface area contributed by atoms with Gasteiger partial charge in [-0.1, -0.05) is 55.8 Å². The second-order valence-electron chi connectivity index (χ2n) is 9.19. The van der Waals surface area contributed by atoms with Crippen LogP contribution in [0.4, 0.5) is 0 Å². The Balaban J connectivity index is 1.62. The van der Waals surface area contributed by atoms with Crippen molar-refractivity contribution in [2.24, 2.45) is 0 Å². The predicted octanol–water partition coefficient (Wildman–Crippen LogP) is 6.03. The highest BCUT2D eigenvalue weighted by Gasteiger charge is 2.34. The lowest BCUT2D eigenvalue weighted by molar-refractivity contribution is -0.134. The number of hydrogen-bond acceptors (Lipinski definition) is 3. The van der Waals surface area contributed by atoms with E-state index in [-0.39, 0.29) is 30.4 Å². The van der Waals surface area contributed by atoms with E-state index in [4.69, 9.17) is 0 Å². The summed E-state index contributed by atoms with van der Waals surface area (Å²) in [7, 11) is 0. The number of benzene rings is 2. The molecule has 2 aromatic carbocycles. The van der Waals surface area contributed by atoms with E-state index in [0.29, 0.717) is 12.1 Å². The van der Waals surface area contributed by atoms with Gasteiger partial charge in [-0.2, -0.15) is 0 Å². The molecule has 5 heteroatoms. The lowest BCUT2D eigenvalue weighted by Crippen LogP contribution is -2.49. The van der Waals surface area contributed by atoms with Crippen LogP contribution >= 0.6 is 11.3 Å². The number of nitrogens with zero attached hydrogens (tertiary/aromatic N) is 2. The third kappa shape index (κ3) is 4.95. The average Bonchev–Trinajstić information content (AvgIpc) is 3.35. The first-order valence-corrected chi connectivity index (χ1v) is 13.1. The summed E-state index contributed by atoms with van der Waals surface area (Å²) in [4.78, 5) is 32.3. The van der Waals surface area contributed by atoms with Gasteiger partial charge in [-0.3, -0.25) is 9.59 Å². The van der Waals surface area contributed by atoms with Crippen molar-refractivity contribution in [1.29, 1.82) is 0 Å². The van der Waals surface area contributed by atoms with Crippen LogP contribution < -0.4 is 0 Å². The summed E-state index contributed by atoms with van der Waals surface area (Å²) in [5.74, 6) is -0.0771. The molecule has 0 aliphatic carbocycles. The lowest BCUT2D eigenvalue weighted by atomic mass is 9.92. The van der Waals surface area contributed by atoms with Crippen LogP contribution in [0.25, 0.3) is 0 Å². The van der Waals surface area contributed by atoms with E-state index in [1.165, 1.54) is 21.6 Å². The largest absolute Gasteiger partial charge is 0.330 e. The predicted molar refractivity (Wildman–Crippen MR) is 139 cm³/mol. The number of fused-ring (bicyclic) bond motifs is 1. The smallest absolute Gasteiger partial charge is 0.254 e. The standard InChI is InChI=1S/C29H34N2O2S/c1-5-21(4)31(29(33)24-13-9-22(6-2)10-14-24)19-27(32)30-17-15-26-25(16-18-34-26)28(30)23-11-7-20(3)8-12-23/h7-14,16,18,21,28H,5-6,15,17,19H2,1-4H3. The third-order valence-corrected chi connectivity index (χ3v) is 7.97. The first-order valence-electron chi connectivity index (χ1n) is 12.2. The van der Waals surface area contributed by atoms with Crippen molar-refractivity contribution < 1.29 is 9.59 Å². The molecular formula is C29H34N2O2S. The fraction of sp³-hybridized carbons (Fsp3) is 0.379. The summed E-state index contributed by atoms with van der Waals surface area (Å²) >= 11 is 1.77. The van der Waals surface area contributed by atoms with Crippen LogP contribution in [0.1, 0.15) is 70.7 Å². The highest BCUT2D eigenvalue weighted by molar-refractivity contribution is 7.10. The zero-order valence-corrected chi connectivity index (χ0v) is 21.4. The van der Waals surface area contributed by atoms with Crippen molar-refractivity contribution in [1.82, 2.24) is 9.80 Å². The number of hydrogen-bond donors (Lipinski definition) is 0. The van der Waals surface area contributed by atoms with Crippen LogP contribution in [-0.4, -0.2) is 40.7 Å². The molecule has 2 unspecified atom stereocenters. The molecule has 0 saturated heterocycles. The van der Waals surface area contributed by atoms with Gasteiger partial charge >= 0.3 is 0 Å². The number of carbonyl (C=O) groups excluding carboxylic acids is 2. The molecule has 0 N–H and O–H groups in total. The Labute approximate surface area is 207 Å². The van der Waals surface area contributed by atoms with Crippen LogP contribution in [0.2, 0.25) is 0 Å². The van der Waals surface area contributed by atoms with Gasteiger partial charge in [0.15, 0.2) is 0 Å². The number of rotatable bonds is 7. The van der Waals surface area contributed by atoms with E-state index < -0.39 is 0 Å². The second kappa shape index (κ2) is 10.6. The first kappa shape index (κ1) is 24.2. The van der Waals surface area contributed by atoms with Crippen molar-refractivity contribution in [3.63, 3.8) is 0 Å². The molecule has 3 aromatic rings. The van der Waals surface area contributed by atoms with Crippen molar-refractivity contribution >= 4 is 23.2 Å². The van der Waals surface area contributed by atoms with E-state index in [0.717, 1.165) is 24.8 Å². The number of thiophene rings is 1. The highest BCUT2D eigenvalue weighted by Crippen LogP contribution is 2.38. The molecule has 0 radical (unpaired) electrons. The zero-order valence-electron chi connectivity index (χ0n) is 20.6. The van der Waals surface area contributed by atoms with Crippen molar-refractivity contribution in [2.45, 2.75) is 59.0 Å². The lowest BCUT2D eigenvalue weighted by Gasteiger charge is -2.38. The van der Waals surface area contributed by atoms with Crippen LogP contribution in [0.3, 0.4) is 0 Å². The molecule has 4 rings (SSSR count). The topological polar surface area (TPSA) is 40.6 Å². The van der Waals surface area contributed by atoms with Gasteiger partial charge in [0.2, 0.25) is 5.91 Å². The van der Waals surface area contributed by atoms with E-state index in [9.17, 15) is 9.59 Å². The maximum absolute atomic E-state index is 13.8. The number of amides is 2. The summed E-state index contributed by atoms with van der Waals surface area (Å²) in [6.45, 7) is 9.01. The minimum absolute atomic E-state index is 0.00116. The molecule has 1 aliphatic rings. The molecule has 0 fully saturated rings. The SMILES string of the molecule is CCc1ccc(C(=O)N(CC(=O)N2CCc3sccc3C2c2ccc(C)cc2)C(C)CC)cc1. The molecule has 0 spiro atoms. The van der Waals surface area contributed by atoms with Gasteiger partial charge in [-0.15, -0.1) is 11.3 Å². The van der Waals surface area contributed by atoms with Gasteiger partial charge < -0.3 is 9.80 Å². The van der Waals surface area contributed by atoms with Crippen LogP contribution in [0.15, 0.2) is 60.0 Å². The molecule has 0 bridgehead atoms. The van der Waals surface area contributed by atoms with Crippen molar-refractivity contribution in [2.75, 3.05) is 13.1 Å².